The van der Waals surface area contributed by atoms with Crippen molar-refractivity contribution in [1.29, 1.82) is 0 Å². The van der Waals surface area contributed by atoms with Crippen molar-refractivity contribution < 1.29 is 7.59 Å². The predicted molar refractivity (Wildman–Crippen MR) is 95.9 cm³/mol. The van der Waals surface area contributed by atoms with E-state index in [4.69, 9.17) is 11.2 Å². The fourth-order valence-corrected chi connectivity index (χ4v) is 3.32. The van der Waals surface area contributed by atoms with Crippen molar-refractivity contribution in [3.8, 4) is 29.4 Å². The van der Waals surface area contributed by atoms with Crippen LogP contribution in [0.4, 0.5) is 0 Å². The summed E-state index contributed by atoms with van der Waals surface area (Å²) in [5, 5.41) is 0. The summed E-state index contributed by atoms with van der Waals surface area (Å²) in [6.07, 6.45) is 12.7. The van der Waals surface area contributed by atoms with Crippen LogP contribution in [0.25, 0.3) is 11.1 Å². The van der Waals surface area contributed by atoms with Crippen LogP contribution in [0.3, 0.4) is 0 Å². The molecule has 0 unspecified atom stereocenters. The Hall–Kier alpha value is -2.20. The second kappa shape index (κ2) is 6.71. The molecule has 0 aliphatic heterocycles. The molecule has 1 fully saturated rings. The van der Waals surface area contributed by atoms with Gasteiger partial charge in [-0.05, 0) is 53.5 Å². The minimum absolute atomic E-state index is 0. The smallest absolute Gasteiger partial charge is 0.140 e. The second-order valence-corrected chi connectivity index (χ2v) is 6.32. The monoisotopic (exact) mass is 294 g/mol. The van der Waals surface area contributed by atoms with E-state index in [0.29, 0.717) is 5.75 Å². The summed E-state index contributed by atoms with van der Waals surface area (Å²) in [5.74, 6) is 2.36. The van der Waals surface area contributed by atoms with Crippen LogP contribution in [0.15, 0.2) is 48.5 Å². The third kappa shape index (κ3) is 3.34. The maximum Gasteiger partial charge on any atom is 0.140 e. The Labute approximate surface area is 136 Å². The molecule has 1 saturated carbocycles. The Bertz CT molecular complexity index is 648. The van der Waals surface area contributed by atoms with E-state index >= 15 is 0 Å². The summed E-state index contributed by atoms with van der Waals surface area (Å²) in [7, 11) is 0. The number of rotatable bonds is 3. The van der Waals surface area contributed by atoms with E-state index in [1.807, 2.05) is 24.3 Å². The first-order valence-electron chi connectivity index (χ1n) is 8.09. The van der Waals surface area contributed by atoms with Gasteiger partial charge >= 0.3 is 0 Å². The lowest BCUT2D eigenvalue weighted by molar-refractivity contribution is 0.348. The first-order valence-corrected chi connectivity index (χ1v) is 8.09. The van der Waals surface area contributed by atoms with Crippen molar-refractivity contribution in [3.63, 3.8) is 0 Å². The maximum atomic E-state index is 5.13. The van der Waals surface area contributed by atoms with Gasteiger partial charge in [0.1, 0.15) is 11.9 Å². The number of hydrogen-bond acceptors (Lipinski definition) is 1. The first-order chi connectivity index (χ1) is 10.8. The zero-order chi connectivity index (χ0) is 15.4. The van der Waals surface area contributed by atoms with E-state index in [1.165, 1.54) is 42.4 Å². The van der Waals surface area contributed by atoms with Gasteiger partial charge in [-0.3, -0.25) is 0 Å². The Morgan fingerprint density at radius 3 is 2.00 bits per heavy atom. The lowest BCUT2D eigenvalue weighted by atomic mass is 9.79. The molecule has 3 rings (SSSR count). The summed E-state index contributed by atoms with van der Waals surface area (Å²) >= 11 is 0. The van der Waals surface area contributed by atoms with Gasteiger partial charge in [0, 0.05) is 2.85 Å². The summed E-state index contributed by atoms with van der Waals surface area (Å²) in [6, 6.07) is 16.9. The summed E-state index contributed by atoms with van der Waals surface area (Å²) in [4.78, 5) is 0. The van der Waals surface area contributed by atoms with Gasteiger partial charge in [0.05, 0.1) is 0 Å². The lowest BCUT2D eigenvalue weighted by Crippen LogP contribution is -2.10. The molecule has 0 amide bonds. The largest absolute Gasteiger partial charge is 0.408 e. The van der Waals surface area contributed by atoms with Gasteiger partial charge in [0.2, 0.25) is 0 Å². The van der Waals surface area contributed by atoms with E-state index in [1.54, 1.807) is 0 Å². The Morgan fingerprint density at radius 2 is 1.45 bits per heavy atom. The number of terminal acetylenes is 1. The Kier molecular flexibility index (Phi) is 4.49. The quantitative estimate of drug-likeness (QED) is 0.621. The molecule has 2 aromatic carbocycles. The average molecular weight is 294 g/mol. The molecule has 1 aliphatic rings. The summed E-state index contributed by atoms with van der Waals surface area (Å²) < 4.78 is 5.03. The molecule has 0 bridgehead atoms. The van der Waals surface area contributed by atoms with Crippen LogP contribution in [-0.4, -0.2) is 0 Å². The summed E-state index contributed by atoms with van der Waals surface area (Å²) in [6.45, 7) is 2.37. The molecule has 0 radical (unpaired) electrons. The molecule has 116 valence electrons. The highest BCUT2D eigenvalue weighted by atomic mass is 16.5. The average Bonchev–Trinajstić information content (AvgIpc) is 2.57. The molecule has 1 heteroatoms. The van der Waals surface area contributed by atoms with Crippen LogP contribution < -0.4 is 4.74 Å². The van der Waals surface area contributed by atoms with E-state index in [9.17, 15) is 0 Å². The standard InChI is InChI=1S/C21H22O.2H2/c1-3-22-21-14-12-20(13-15-21)19-10-8-18(9-11-19)17-6-4-16(2)5-7-17;;/h1,8-17H,4-7H2,2H3;2*1H. The number of benzene rings is 2. The first kappa shape index (κ1) is 14.7. The van der Waals surface area contributed by atoms with Crippen molar-refractivity contribution in [2.45, 2.75) is 38.5 Å². The van der Waals surface area contributed by atoms with Crippen LogP contribution in [0.5, 0.6) is 5.75 Å². The molecule has 0 atom stereocenters. The zero-order valence-electron chi connectivity index (χ0n) is 13.1. The molecule has 0 heterocycles. The van der Waals surface area contributed by atoms with Gasteiger partial charge in [-0.2, -0.15) is 0 Å². The minimum Gasteiger partial charge on any atom is -0.408 e. The number of ether oxygens (including phenoxy) is 1. The van der Waals surface area contributed by atoms with E-state index in [-0.39, 0.29) is 2.85 Å². The number of hydrogen-bond donors (Lipinski definition) is 0. The van der Waals surface area contributed by atoms with Crippen LogP contribution in [0.2, 0.25) is 0 Å². The molecule has 0 aromatic heterocycles. The third-order valence-corrected chi connectivity index (χ3v) is 4.76. The van der Waals surface area contributed by atoms with Crippen LogP contribution in [-0.2, 0) is 0 Å². The van der Waals surface area contributed by atoms with Crippen molar-refractivity contribution in [2.75, 3.05) is 0 Å². The van der Waals surface area contributed by atoms with Gasteiger partial charge in [-0.25, -0.2) is 0 Å². The molecule has 0 saturated heterocycles. The predicted octanol–water partition coefficient (Wildman–Crippen LogP) is 6.11. The molecule has 0 N–H and O–H groups in total. The van der Waals surface area contributed by atoms with Crippen molar-refractivity contribution in [1.82, 2.24) is 0 Å². The Balaban J connectivity index is 0.00000144. The molecule has 0 spiro atoms. The topological polar surface area (TPSA) is 9.23 Å². The highest BCUT2D eigenvalue weighted by molar-refractivity contribution is 5.64. The van der Waals surface area contributed by atoms with Crippen LogP contribution in [0.1, 0.15) is 46.9 Å². The van der Waals surface area contributed by atoms with E-state index < -0.39 is 0 Å². The SMILES string of the molecule is C#COc1ccc(-c2ccc(C3CCC(C)CC3)cc2)cc1.[HH].[HH]. The molecule has 1 aliphatic carbocycles. The molecule has 1 nitrogen and oxygen atoms in total. The lowest BCUT2D eigenvalue weighted by Gasteiger charge is -2.26. The fourth-order valence-electron chi connectivity index (χ4n) is 3.32. The molecular formula is C21H26O. The minimum atomic E-state index is 0. The van der Waals surface area contributed by atoms with Gasteiger partial charge in [-0.1, -0.05) is 62.6 Å². The van der Waals surface area contributed by atoms with Crippen molar-refractivity contribution in [2.24, 2.45) is 5.92 Å². The normalized spacial score (nSPS) is 21.1. The van der Waals surface area contributed by atoms with Gasteiger partial charge < -0.3 is 4.74 Å². The third-order valence-electron chi connectivity index (χ3n) is 4.76. The van der Waals surface area contributed by atoms with Gasteiger partial charge in [-0.15, -0.1) is 0 Å². The molecule has 2 aromatic rings. The second-order valence-electron chi connectivity index (χ2n) is 6.32. The van der Waals surface area contributed by atoms with Crippen molar-refractivity contribution >= 4 is 0 Å². The van der Waals surface area contributed by atoms with Crippen LogP contribution in [0, 0.1) is 18.4 Å². The maximum absolute atomic E-state index is 5.13. The van der Waals surface area contributed by atoms with Gasteiger partial charge in [0.15, 0.2) is 0 Å². The summed E-state index contributed by atoms with van der Waals surface area (Å²) in [5.41, 5.74) is 3.91. The molecular weight excluding hydrogens is 268 g/mol. The fraction of sp³-hybridized carbons (Fsp3) is 0.333. The van der Waals surface area contributed by atoms with E-state index in [0.717, 1.165) is 11.8 Å². The van der Waals surface area contributed by atoms with E-state index in [2.05, 4.69) is 37.3 Å². The highest BCUT2D eigenvalue weighted by Crippen LogP contribution is 2.36. The zero-order valence-corrected chi connectivity index (χ0v) is 13.1. The van der Waals surface area contributed by atoms with Crippen LogP contribution >= 0.6 is 0 Å². The van der Waals surface area contributed by atoms with Crippen molar-refractivity contribution in [3.05, 3.63) is 54.1 Å². The molecule has 22 heavy (non-hydrogen) atoms. The van der Waals surface area contributed by atoms with Gasteiger partial charge in [0.25, 0.3) is 0 Å². The Morgan fingerprint density at radius 1 is 0.909 bits per heavy atom. The highest BCUT2D eigenvalue weighted by Gasteiger charge is 2.19.